The van der Waals surface area contributed by atoms with E-state index >= 15 is 0 Å². The molecule has 1 N–H and O–H groups in total. The molecule has 0 saturated heterocycles. The van der Waals surface area contributed by atoms with E-state index in [1.807, 2.05) is 48.6 Å². The highest BCUT2D eigenvalue weighted by atomic mass is 28.3. The molecule has 0 heterocycles. The van der Waals surface area contributed by atoms with E-state index in [0.29, 0.717) is 0 Å². The van der Waals surface area contributed by atoms with Crippen molar-refractivity contribution in [3.63, 3.8) is 0 Å². The van der Waals surface area contributed by atoms with Crippen LogP contribution in [0.1, 0.15) is 0 Å². The van der Waals surface area contributed by atoms with Gasteiger partial charge in [-0.15, -0.1) is 4.48 Å². The molecule has 0 saturated carbocycles. The lowest BCUT2D eigenvalue weighted by Crippen LogP contribution is -2.51. The van der Waals surface area contributed by atoms with Gasteiger partial charge in [0.15, 0.2) is 8.24 Å². The summed E-state index contributed by atoms with van der Waals surface area (Å²) >= 11 is 0. The minimum atomic E-state index is -1.97. The van der Waals surface area contributed by atoms with Crippen molar-refractivity contribution >= 4 is 13.4 Å². The molecular formula is C8H12FNSi. The molecule has 3 heteroatoms. The molecule has 0 bridgehead atoms. The molecule has 0 unspecified atom stereocenters. The fraction of sp³-hybridized carbons (Fsp3) is 0.250. The van der Waals surface area contributed by atoms with Crippen LogP contribution in [0.5, 0.6) is 0 Å². The summed E-state index contributed by atoms with van der Waals surface area (Å²) in [4.78, 5) is 0. The maximum atomic E-state index is 12.3. The molecule has 0 atom stereocenters. The Bertz CT molecular complexity index is 223. The highest BCUT2D eigenvalue weighted by molar-refractivity contribution is 6.87. The average Bonchev–Trinajstić information content (AvgIpc) is 2.06. The lowest BCUT2D eigenvalue weighted by atomic mass is 10.4. The maximum Gasteiger partial charge on any atom is 0.187 e. The summed E-state index contributed by atoms with van der Waals surface area (Å²) in [5.74, 6) is 0. The smallest absolute Gasteiger partial charge is 0.180 e. The van der Waals surface area contributed by atoms with Crippen LogP contribution in [-0.4, -0.2) is 8.24 Å². The van der Waals surface area contributed by atoms with Crippen LogP contribution in [0.15, 0.2) is 30.3 Å². The Hall–Kier alpha value is -0.673. The third-order valence-electron chi connectivity index (χ3n) is 1.73. The predicted octanol–water partition coefficient (Wildman–Crippen LogP) is 1.57. The Morgan fingerprint density at radius 1 is 1.18 bits per heavy atom. The van der Waals surface area contributed by atoms with Crippen LogP contribution >= 0.6 is 0 Å². The van der Waals surface area contributed by atoms with E-state index in [4.69, 9.17) is 0 Å². The van der Waals surface area contributed by atoms with E-state index in [-0.39, 0.29) is 0 Å². The fourth-order valence-electron chi connectivity index (χ4n) is 0.909. The number of nitrogens with one attached hydrogen (secondary N) is 1. The number of rotatable bonds is 2. The minimum absolute atomic E-state index is 1.09. The topological polar surface area (TPSA) is 12.0 Å². The fourth-order valence-corrected chi connectivity index (χ4v) is 2.04. The first-order valence-electron chi connectivity index (χ1n) is 3.60. The first-order valence-corrected chi connectivity index (χ1v) is 6.60. The average molecular weight is 169 g/mol. The van der Waals surface area contributed by atoms with Gasteiger partial charge in [0.1, 0.15) is 0 Å². The van der Waals surface area contributed by atoms with Gasteiger partial charge in [-0.3, -0.25) is 0 Å². The molecule has 0 spiro atoms. The first-order chi connectivity index (χ1) is 5.17. The third kappa shape index (κ3) is 1.88. The predicted molar refractivity (Wildman–Crippen MR) is 47.8 cm³/mol. The molecule has 0 amide bonds. The lowest BCUT2D eigenvalue weighted by Gasteiger charge is -2.17. The van der Waals surface area contributed by atoms with Crippen LogP contribution in [0.2, 0.25) is 13.1 Å². The Morgan fingerprint density at radius 3 is 2.18 bits per heavy atom. The summed E-state index contributed by atoms with van der Waals surface area (Å²) in [5, 5.41) is 2.98. The van der Waals surface area contributed by atoms with Crippen LogP contribution in [0.25, 0.3) is 0 Å². The molecule has 0 aliphatic rings. The lowest BCUT2D eigenvalue weighted by molar-refractivity contribution is 0.438. The van der Waals surface area contributed by atoms with Crippen molar-refractivity contribution < 1.29 is 4.48 Å². The monoisotopic (exact) mass is 169 g/mol. The zero-order chi connectivity index (χ0) is 8.32. The van der Waals surface area contributed by atoms with Crippen molar-refractivity contribution in [3.05, 3.63) is 30.3 Å². The van der Waals surface area contributed by atoms with Crippen LogP contribution in [0.4, 0.5) is 4.48 Å². The van der Waals surface area contributed by atoms with Crippen LogP contribution < -0.4 is 10.4 Å². The second kappa shape index (κ2) is 3.15. The van der Waals surface area contributed by atoms with Crippen molar-refractivity contribution in [2.75, 3.05) is 0 Å². The van der Waals surface area contributed by atoms with Gasteiger partial charge in [-0.05, 0) is 5.19 Å². The Labute approximate surface area is 67.3 Å². The Kier molecular flexibility index (Phi) is 2.41. The zero-order valence-electron chi connectivity index (χ0n) is 6.76. The highest BCUT2D eigenvalue weighted by Gasteiger charge is 2.22. The van der Waals surface area contributed by atoms with Crippen LogP contribution in [-0.2, 0) is 0 Å². The van der Waals surface area contributed by atoms with Gasteiger partial charge < -0.3 is 0 Å². The second-order valence-electron chi connectivity index (χ2n) is 3.09. The van der Waals surface area contributed by atoms with Gasteiger partial charge in [0.05, 0.1) is 0 Å². The van der Waals surface area contributed by atoms with Gasteiger partial charge in [-0.2, -0.15) is 5.20 Å². The summed E-state index contributed by atoms with van der Waals surface area (Å²) < 4.78 is 12.3. The van der Waals surface area contributed by atoms with Gasteiger partial charge in [-0.25, -0.2) is 0 Å². The number of benzene rings is 1. The molecule has 1 aromatic carbocycles. The van der Waals surface area contributed by atoms with Gasteiger partial charge in [-0.1, -0.05) is 43.4 Å². The zero-order valence-corrected chi connectivity index (χ0v) is 7.76. The third-order valence-corrected chi connectivity index (χ3v) is 3.98. The normalized spacial score (nSPS) is 11.5. The molecule has 60 valence electrons. The van der Waals surface area contributed by atoms with E-state index < -0.39 is 8.24 Å². The van der Waals surface area contributed by atoms with E-state index in [2.05, 4.69) is 0 Å². The van der Waals surface area contributed by atoms with E-state index in [0.717, 1.165) is 5.19 Å². The van der Waals surface area contributed by atoms with E-state index in [1.165, 1.54) is 0 Å². The maximum absolute atomic E-state index is 12.3. The SMILES string of the molecule is C[Si](C)(NF)c1ccccc1. The number of halogens is 1. The number of hydrogen-bond donors (Lipinski definition) is 1. The molecule has 0 aliphatic heterocycles. The highest BCUT2D eigenvalue weighted by Crippen LogP contribution is 1.98. The second-order valence-corrected chi connectivity index (χ2v) is 7.10. The first kappa shape index (κ1) is 8.42. The molecule has 0 aliphatic carbocycles. The van der Waals surface area contributed by atoms with Crippen LogP contribution in [0, 0.1) is 0 Å². The van der Waals surface area contributed by atoms with Gasteiger partial charge in [0, 0.05) is 0 Å². The molecule has 11 heavy (non-hydrogen) atoms. The molecule has 1 aromatic rings. The number of hydrogen-bond acceptors (Lipinski definition) is 1. The molecule has 0 aromatic heterocycles. The largest absolute Gasteiger partial charge is 0.187 e. The van der Waals surface area contributed by atoms with Crippen LogP contribution in [0.3, 0.4) is 0 Å². The quantitative estimate of drug-likeness (QED) is 0.523. The standard InChI is InChI=1S/C8H12FNSi/c1-11(2,10-9)8-6-4-3-5-7-8/h3-7,10H,1-2H3. The van der Waals surface area contributed by atoms with Gasteiger partial charge in [0.2, 0.25) is 0 Å². The van der Waals surface area contributed by atoms with Crippen molar-refractivity contribution in [2.45, 2.75) is 13.1 Å². The van der Waals surface area contributed by atoms with Gasteiger partial charge in [0.25, 0.3) is 0 Å². The van der Waals surface area contributed by atoms with Crippen molar-refractivity contribution in [1.29, 1.82) is 0 Å². The Balaban J connectivity index is 2.93. The summed E-state index contributed by atoms with van der Waals surface area (Å²) in [6, 6.07) is 9.71. The molecule has 0 fully saturated rings. The van der Waals surface area contributed by atoms with E-state index in [1.54, 1.807) is 0 Å². The summed E-state index contributed by atoms with van der Waals surface area (Å²) in [5.41, 5.74) is 0. The molecule has 0 radical (unpaired) electrons. The molecular weight excluding hydrogens is 157 g/mol. The van der Waals surface area contributed by atoms with Crippen molar-refractivity contribution in [2.24, 2.45) is 0 Å². The van der Waals surface area contributed by atoms with E-state index in [9.17, 15) is 4.48 Å². The molecule has 1 rings (SSSR count). The molecule has 1 nitrogen and oxygen atoms in total. The Morgan fingerprint density at radius 2 is 1.73 bits per heavy atom. The summed E-state index contributed by atoms with van der Waals surface area (Å²) in [7, 11) is -1.97. The van der Waals surface area contributed by atoms with Gasteiger partial charge >= 0.3 is 0 Å². The summed E-state index contributed by atoms with van der Waals surface area (Å²) in [6.45, 7) is 3.87. The summed E-state index contributed by atoms with van der Waals surface area (Å²) in [6.07, 6.45) is 0. The van der Waals surface area contributed by atoms with Crippen molar-refractivity contribution in [1.82, 2.24) is 5.20 Å². The van der Waals surface area contributed by atoms with Crippen molar-refractivity contribution in [3.8, 4) is 0 Å². The minimum Gasteiger partial charge on any atom is -0.180 e.